The van der Waals surface area contributed by atoms with Gasteiger partial charge in [0.25, 0.3) is 0 Å². The number of esters is 1. The van der Waals surface area contributed by atoms with Gasteiger partial charge in [0.05, 0.1) is 21.7 Å². The zero-order valence-electron chi connectivity index (χ0n) is 26.5. The Kier molecular flexibility index (Phi) is 9.57. The van der Waals surface area contributed by atoms with Gasteiger partial charge in [0, 0.05) is 30.8 Å². The van der Waals surface area contributed by atoms with Gasteiger partial charge in [0.15, 0.2) is 5.82 Å². The van der Waals surface area contributed by atoms with Crippen molar-refractivity contribution < 1.29 is 18.3 Å². The molecular formula is C33H44ClF2N5O2. The fraction of sp³-hybridized carbons (Fsp3) is 0.545. The molecule has 0 radical (unpaired) electrons. The number of aryl methyl sites for hydroxylation is 1. The average Bonchev–Trinajstić information content (AvgIpc) is 3.27. The number of piperidine rings is 1. The van der Waals surface area contributed by atoms with Crippen LogP contribution in [0.15, 0.2) is 36.4 Å². The molecule has 2 aromatic heterocycles. The van der Waals surface area contributed by atoms with Gasteiger partial charge in [-0.3, -0.25) is 9.48 Å². The van der Waals surface area contributed by atoms with Crippen molar-refractivity contribution in [2.75, 3.05) is 18.4 Å². The number of nitrogens with zero attached hydrogens (tertiary/aromatic N) is 4. The van der Waals surface area contributed by atoms with Gasteiger partial charge in [-0.25, -0.2) is 13.8 Å². The highest BCUT2D eigenvalue weighted by molar-refractivity contribution is 6.30. The Morgan fingerprint density at radius 1 is 1.14 bits per heavy atom. The summed E-state index contributed by atoms with van der Waals surface area (Å²) in [6.45, 7) is 16.9. The van der Waals surface area contributed by atoms with Crippen LogP contribution in [-0.4, -0.2) is 50.4 Å². The minimum absolute atomic E-state index is 0.0304. The highest BCUT2D eigenvalue weighted by Crippen LogP contribution is 2.41. The summed E-state index contributed by atoms with van der Waals surface area (Å²) < 4.78 is 37.6. The van der Waals surface area contributed by atoms with Gasteiger partial charge in [0.1, 0.15) is 23.1 Å². The molecule has 0 aliphatic carbocycles. The van der Waals surface area contributed by atoms with E-state index in [1.54, 1.807) is 18.2 Å². The van der Waals surface area contributed by atoms with Gasteiger partial charge < -0.3 is 15.0 Å². The van der Waals surface area contributed by atoms with E-state index < -0.39 is 22.7 Å². The molecule has 3 aromatic rings. The maximum Gasteiger partial charge on any atom is 0.313 e. The Morgan fingerprint density at radius 3 is 2.49 bits per heavy atom. The van der Waals surface area contributed by atoms with Crippen LogP contribution in [0.5, 0.6) is 0 Å². The van der Waals surface area contributed by atoms with E-state index in [2.05, 4.69) is 41.1 Å². The lowest BCUT2D eigenvalue weighted by molar-refractivity contribution is -0.172. The van der Waals surface area contributed by atoms with Crippen molar-refractivity contribution >= 4 is 29.2 Å². The molecule has 43 heavy (non-hydrogen) atoms. The number of nitrogens with one attached hydrogen (secondary N) is 1. The number of halogens is 3. The lowest BCUT2D eigenvalue weighted by Gasteiger charge is -2.45. The number of rotatable bonds is 8. The maximum atomic E-state index is 15.3. The Labute approximate surface area is 259 Å². The first-order valence-electron chi connectivity index (χ1n) is 14.9. The Balaban J connectivity index is 1.56. The number of pyridine rings is 1. The first kappa shape index (κ1) is 32.9. The smallest absolute Gasteiger partial charge is 0.313 e. The number of hydrogen-bond acceptors (Lipinski definition) is 6. The first-order chi connectivity index (χ1) is 20.0. The Bertz CT molecular complexity index is 1460. The highest BCUT2D eigenvalue weighted by atomic mass is 35.5. The van der Waals surface area contributed by atoms with E-state index in [1.807, 2.05) is 45.4 Å². The van der Waals surface area contributed by atoms with Crippen LogP contribution in [-0.2, 0) is 27.9 Å². The van der Waals surface area contributed by atoms with Crippen molar-refractivity contribution in [2.24, 2.45) is 5.41 Å². The number of aromatic nitrogens is 3. The van der Waals surface area contributed by atoms with Gasteiger partial charge in [-0.15, -0.1) is 0 Å². The molecule has 1 N–H and O–H groups in total. The zero-order chi connectivity index (χ0) is 31.7. The van der Waals surface area contributed by atoms with Gasteiger partial charge in [-0.1, -0.05) is 23.7 Å². The minimum Gasteiger partial charge on any atom is -0.460 e. The van der Waals surface area contributed by atoms with Crippen LogP contribution in [0.1, 0.15) is 78.3 Å². The predicted molar refractivity (Wildman–Crippen MR) is 167 cm³/mol. The summed E-state index contributed by atoms with van der Waals surface area (Å²) >= 11 is 5.98. The molecule has 1 aliphatic heterocycles. The second kappa shape index (κ2) is 12.5. The van der Waals surface area contributed by atoms with E-state index in [-0.39, 0.29) is 34.7 Å². The van der Waals surface area contributed by atoms with Gasteiger partial charge in [-0.2, -0.15) is 5.10 Å². The van der Waals surface area contributed by atoms with Crippen molar-refractivity contribution in [3.05, 3.63) is 70.0 Å². The lowest BCUT2D eigenvalue weighted by Crippen LogP contribution is -2.52. The summed E-state index contributed by atoms with van der Waals surface area (Å²) in [6.07, 6.45) is 1.50. The SMILES string of the molecule is Cc1cc(Nc2ccc(F)c(CC3(C(=O)OC(C)(C)C)CCN(CCc4cccc(Cl)c4F)[C@H](C)C3)n2)nn1C(C)(C)C. The average molecular weight is 616 g/mol. The van der Waals surface area contributed by atoms with E-state index in [4.69, 9.17) is 16.3 Å². The molecule has 10 heteroatoms. The zero-order valence-corrected chi connectivity index (χ0v) is 27.3. The van der Waals surface area contributed by atoms with E-state index in [0.29, 0.717) is 49.6 Å². The third kappa shape index (κ3) is 7.92. The van der Waals surface area contributed by atoms with Crippen LogP contribution in [0.25, 0.3) is 0 Å². The van der Waals surface area contributed by atoms with Crippen molar-refractivity contribution in [2.45, 2.75) is 98.3 Å². The van der Waals surface area contributed by atoms with Gasteiger partial charge in [0.2, 0.25) is 0 Å². The molecule has 0 spiro atoms. The van der Waals surface area contributed by atoms with E-state index in [1.165, 1.54) is 12.1 Å². The summed E-state index contributed by atoms with van der Waals surface area (Å²) in [4.78, 5) is 20.6. The lowest BCUT2D eigenvalue weighted by atomic mass is 9.72. The first-order valence-corrected chi connectivity index (χ1v) is 15.3. The largest absolute Gasteiger partial charge is 0.460 e. The molecule has 1 fully saturated rings. The van der Waals surface area contributed by atoms with Crippen LogP contribution in [0.3, 0.4) is 0 Å². The normalized spacial score (nSPS) is 19.8. The van der Waals surface area contributed by atoms with Crippen molar-refractivity contribution in [1.82, 2.24) is 19.7 Å². The monoisotopic (exact) mass is 615 g/mol. The number of carbonyl (C=O) groups excluding carboxylic acids is 1. The molecule has 0 saturated carbocycles. The molecule has 0 bridgehead atoms. The van der Waals surface area contributed by atoms with Gasteiger partial charge in [-0.05, 0) is 105 Å². The summed E-state index contributed by atoms with van der Waals surface area (Å²) in [5.41, 5.74) is -0.125. The fourth-order valence-electron chi connectivity index (χ4n) is 5.86. The molecule has 4 rings (SSSR count). The predicted octanol–water partition coefficient (Wildman–Crippen LogP) is 7.61. The molecule has 7 nitrogen and oxygen atoms in total. The summed E-state index contributed by atoms with van der Waals surface area (Å²) in [5.74, 6) is -0.170. The number of likely N-dealkylation sites (tertiary alicyclic amines) is 1. The molecule has 1 aromatic carbocycles. The van der Waals surface area contributed by atoms with Crippen LogP contribution in [0, 0.1) is 24.0 Å². The number of benzene rings is 1. The highest BCUT2D eigenvalue weighted by Gasteiger charge is 2.47. The third-order valence-electron chi connectivity index (χ3n) is 7.92. The summed E-state index contributed by atoms with van der Waals surface area (Å²) in [7, 11) is 0. The van der Waals surface area contributed by atoms with Crippen LogP contribution in [0.2, 0.25) is 5.02 Å². The second-order valence-electron chi connectivity index (χ2n) is 13.8. The Morgan fingerprint density at radius 2 is 1.86 bits per heavy atom. The fourth-order valence-corrected chi connectivity index (χ4v) is 6.06. The number of ether oxygens (including phenoxy) is 1. The van der Waals surface area contributed by atoms with Crippen LogP contribution < -0.4 is 5.32 Å². The number of hydrogen-bond donors (Lipinski definition) is 1. The molecule has 3 heterocycles. The summed E-state index contributed by atoms with van der Waals surface area (Å²) in [6, 6.07) is 9.86. The molecule has 0 amide bonds. The van der Waals surface area contributed by atoms with Crippen LogP contribution in [0.4, 0.5) is 20.4 Å². The van der Waals surface area contributed by atoms with Gasteiger partial charge >= 0.3 is 5.97 Å². The molecule has 1 aliphatic rings. The van der Waals surface area contributed by atoms with E-state index in [9.17, 15) is 9.18 Å². The minimum atomic E-state index is -0.971. The van der Waals surface area contributed by atoms with E-state index in [0.717, 1.165) is 5.69 Å². The molecule has 1 saturated heterocycles. The molecule has 1 unspecified atom stereocenters. The quantitative estimate of drug-likeness (QED) is 0.263. The standard InChI is InChI=1S/C33H44ClF2N5O2/c1-21-18-28(39-41(21)31(3,4)5)38-27-13-12-25(35)26(37-27)20-33(30(42)43-32(6,7)8)15-17-40(22(2)19-33)16-14-23-10-9-11-24(34)29(23)36/h9-13,18,22H,14-17,19-20H2,1-8H3,(H,37,38,39)/t22-,33?/m1/s1. The van der Waals surface area contributed by atoms with Crippen LogP contribution >= 0.6 is 11.6 Å². The number of anilines is 2. The van der Waals surface area contributed by atoms with E-state index >= 15 is 4.39 Å². The van der Waals surface area contributed by atoms with Crippen molar-refractivity contribution in [3.63, 3.8) is 0 Å². The molecular weight excluding hydrogens is 572 g/mol. The summed E-state index contributed by atoms with van der Waals surface area (Å²) in [5, 5.41) is 7.97. The second-order valence-corrected chi connectivity index (χ2v) is 14.2. The third-order valence-corrected chi connectivity index (χ3v) is 8.21. The topological polar surface area (TPSA) is 72.3 Å². The molecule has 234 valence electrons. The molecule has 2 atom stereocenters. The number of carbonyl (C=O) groups is 1. The maximum absolute atomic E-state index is 15.3. The van der Waals surface area contributed by atoms with Crippen molar-refractivity contribution in [1.29, 1.82) is 0 Å². The van der Waals surface area contributed by atoms with Crippen molar-refractivity contribution in [3.8, 4) is 0 Å². The Hall–Kier alpha value is -3.04.